The predicted molar refractivity (Wildman–Crippen MR) is 63.2 cm³/mol. The van der Waals surface area contributed by atoms with Gasteiger partial charge in [0.1, 0.15) is 0 Å². The Morgan fingerprint density at radius 3 is 2.53 bits per heavy atom. The van der Waals surface area contributed by atoms with Gasteiger partial charge >= 0.3 is 0 Å². The molecule has 0 aliphatic carbocycles. The first-order valence-electron chi connectivity index (χ1n) is 5.81. The first kappa shape index (κ1) is 14.8. The molecule has 0 saturated carbocycles. The second-order valence-electron chi connectivity index (χ2n) is 3.95. The van der Waals surface area contributed by atoms with E-state index < -0.39 is 0 Å². The molecule has 0 aliphatic rings. The van der Waals surface area contributed by atoms with Crippen LogP contribution in [0.1, 0.15) is 19.3 Å². The van der Waals surface area contributed by atoms with Crippen LogP contribution in [0.3, 0.4) is 0 Å². The van der Waals surface area contributed by atoms with Gasteiger partial charge in [0.05, 0.1) is 13.2 Å². The van der Waals surface area contributed by atoms with Crippen molar-refractivity contribution in [3.05, 3.63) is 0 Å². The van der Waals surface area contributed by atoms with E-state index in [9.17, 15) is 0 Å². The molecule has 0 rings (SSSR count). The van der Waals surface area contributed by atoms with E-state index in [-0.39, 0.29) is 0 Å². The lowest BCUT2D eigenvalue weighted by molar-refractivity contribution is 0.119. The SMILES string of the molecule is CN(C)CCOCCNCCCCCO. The Morgan fingerprint density at radius 2 is 1.87 bits per heavy atom. The maximum atomic E-state index is 8.57. The lowest BCUT2D eigenvalue weighted by atomic mass is 10.2. The number of hydrogen-bond donors (Lipinski definition) is 2. The number of unbranched alkanes of at least 4 members (excludes halogenated alkanes) is 2. The van der Waals surface area contributed by atoms with Crippen molar-refractivity contribution >= 4 is 0 Å². The van der Waals surface area contributed by atoms with E-state index >= 15 is 0 Å². The van der Waals surface area contributed by atoms with Gasteiger partial charge in [0.2, 0.25) is 0 Å². The Morgan fingerprint density at radius 1 is 1.07 bits per heavy atom. The molecule has 0 atom stereocenters. The Kier molecular flexibility index (Phi) is 11.8. The van der Waals surface area contributed by atoms with Crippen LogP contribution in [0.15, 0.2) is 0 Å². The molecule has 0 radical (unpaired) electrons. The molecule has 0 heterocycles. The second kappa shape index (κ2) is 11.9. The Labute approximate surface area is 93.6 Å². The fraction of sp³-hybridized carbons (Fsp3) is 1.00. The van der Waals surface area contributed by atoms with E-state index in [4.69, 9.17) is 9.84 Å². The number of nitrogens with zero attached hydrogens (tertiary/aromatic N) is 1. The molecule has 0 spiro atoms. The lowest BCUT2D eigenvalue weighted by Gasteiger charge is -2.10. The van der Waals surface area contributed by atoms with E-state index in [1.165, 1.54) is 0 Å². The van der Waals surface area contributed by atoms with Crippen LogP contribution in [-0.4, -0.2) is 63.6 Å². The molecule has 15 heavy (non-hydrogen) atoms. The molecule has 0 aromatic rings. The van der Waals surface area contributed by atoms with Gasteiger partial charge in [-0.1, -0.05) is 0 Å². The highest BCUT2D eigenvalue weighted by molar-refractivity contribution is 4.48. The number of hydrogen-bond acceptors (Lipinski definition) is 4. The zero-order valence-corrected chi connectivity index (χ0v) is 10.2. The van der Waals surface area contributed by atoms with Crippen LogP contribution in [0.4, 0.5) is 0 Å². The van der Waals surface area contributed by atoms with Crippen molar-refractivity contribution < 1.29 is 9.84 Å². The first-order valence-corrected chi connectivity index (χ1v) is 5.81. The summed E-state index contributed by atoms with van der Waals surface area (Å²) in [6.45, 7) is 4.83. The van der Waals surface area contributed by atoms with Crippen LogP contribution in [0.2, 0.25) is 0 Å². The predicted octanol–water partition coefficient (Wildman–Crippen LogP) is 0.317. The fourth-order valence-electron chi connectivity index (χ4n) is 1.16. The Hall–Kier alpha value is -0.160. The number of rotatable bonds is 11. The summed E-state index contributed by atoms with van der Waals surface area (Å²) in [6, 6.07) is 0. The van der Waals surface area contributed by atoms with Gasteiger partial charge in [-0.3, -0.25) is 0 Å². The lowest BCUT2D eigenvalue weighted by Crippen LogP contribution is -2.23. The van der Waals surface area contributed by atoms with E-state index in [1.807, 2.05) is 14.1 Å². The molecule has 4 heteroatoms. The molecule has 0 aromatic heterocycles. The topological polar surface area (TPSA) is 44.7 Å². The summed E-state index contributed by atoms with van der Waals surface area (Å²) in [6.07, 6.45) is 3.16. The first-order chi connectivity index (χ1) is 7.27. The van der Waals surface area contributed by atoms with E-state index in [0.717, 1.165) is 52.1 Å². The highest BCUT2D eigenvalue weighted by atomic mass is 16.5. The number of nitrogens with one attached hydrogen (secondary N) is 1. The van der Waals surface area contributed by atoms with Crippen molar-refractivity contribution in [1.29, 1.82) is 0 Å². The average molecular weight is 218 g/mol. The van der Waals surface area contributed by atoms with Crippen molar-refractivity contribution in [2.24, 2.45) is 0 Å². The van der Waals surface area contributed by atoms with Crippen molar-refractivity contribution in [1.82, 2.24) is 10.2 Å². The van der Waals surface area contributed by atoms with Crippen molar-refractivity contribution in [2.45, 2.75) is 19.3 Å². The summed E-state index contributed by atoms with van der Waals surface area (Å²) in [5, 5.41) is 11.9. The zero-order valence-electron chi connectivity index (χ0n) is 10.2. The van der Waals surface area contributed by atoms with Gasteiger partial charge in [-0.15, -0.1) is 0 Å². The molecule has 0 saturated heterocycles. The molecule has 0 unspecified atom stereocenters. The number of ether oxygens (including phenoxy) is 1. The third-order valence-corrected chi connectivity index (χ3v) is 2.12. The molecule has 92 valence electrons. The van der Waals surface area contributed by atoms with Crippen LogP contribution in [0, 0.1) is 0 Å². The summed E-state index contributed by atoms with van der Waals surface area (Å²) in [5.74, 6) is 0. The molecule has 0 amide bonds. The zero-order chi connectivity index (χ0) is 11.4. The molecule has 0 bridgehead atoms. The fourth-order valence-corrected chi connectivity index (χ4v) is 1.16. The summed E-state index contributed by atoms with van der Waals surface area (Å²) < 4.78 is 5.43. The highest BCUT2D eigenvalue weighted by Gasteiger charge is 1.91. The van der Waals surface area contributed by atoms with Crippen LogP contribution in [0.5, 0.6) is 0 Å². The standard InChI is InChI=1S/C11H26N2O2/c1-13(2)8-11-15-10-7-12-6-4-3-5-9-14/h12,14H,3-11H2,1-2H3. The van der Waals surface area contributed by atoms with E-state index in [0.29, 0.717) is 6.61 Å². The largest absolute Gasteiger partial charge is 0.396 e. The number of likely N-dealkylation sites (N-methyl/N-ethyl adjacent to an activating group) is 1. The quantitative estimate of drug-likeness (QED) is 0.490. The van der Waals surface area contributed by atoms with Gasteiger partial charge in [0, 0.05) is 19.7 Å². The molecular formula is C11H26N2O2. The minimum absolute atomic E-state index is 0.313. The summed E-state index contributed by atoms with van der Waals surface area (Å²) in [7, 11) is 4.09. The minimum Gasteiger partial charge on any atom is -0.396 e. The van der Waals surface area contributed by atoms with Crippen LogP contribution in [0.25, 0.3) is 0 Å². The van der Waals surface area contributed by atoms with E-state index in [1.54, 1.807) is 0 Å². The molecular weight excluding hydrogens is 192 g/mol. The van der Waals surface area contributed by atoms with Gasteiger partial charge in [-0.2, -0.15) is 0 Å². The highest BCUT2D eigenvalue weighted by Crippen LogP contribution is 1.91. The third-order valence-electron chi connectivity index (χ3n) is 2.12. The van der Waals surface area contributed by atoms with Crippen LogP contribution in [-0.2, 0) is 4.74 Å². The normalized spacial score (nSPS) is 11.2. The van der Waals surface area contributed by atoms with Gasteiger partial charge in [0.25, 0.3) is 0 Å². The van der Waals surface area contributed by atoms with Gasteiger partial charge in [0.15, 0.2) is 0 Å². The van der Waals surface area contributed by atoms with Gasteiger partial charge < -0.3 is 20.1 Å². The third kappa shape index (κ3) is 13.8. The molecule has 0 aromatic carbocycles. The van der Waals surface area contributed by atoms with E-state index in [2.05, 4.69) is 10.2 Å². The number of aliphatic hydroxyl groups is 1. The van der Waals surface area contributed by atoms with Crippen LogP contribution < -0.4 is 5.32 Å². The molecule has 4 nitrogen and oxygen atoms in total. The Balaban J connectivity index is 2.87. The molecule has 0 fully saturated rings. The average Bonchev–Trinajstić information content (AvgIpc) is 2.20. The number of aliphatic hydroxyl groups excluding tert-OH is 1. The van der Waals surface area contributed by atoms with Crippen molar-refractivity contribution in [3.8, 4) is 0 Å². The monoisotopic (exact) mass is 218 g/mol. The van der Waals surface area contributed by atoms with Gasteiger partial charge in [-0.05, 0) is 39.9 Å². The van der Waals surface area contributed by atoms with Crippen molar-refractivity contribution in [2.75, 3.05) is 53.6 Å². The summed E-state index contributed by atoms with van der Waals surface area (Å²) in [4.78, 5) is 2.11. The van der Waals surface area contributed by atoms with Crippen molar-refractivity contribution in [3.63, 3.8) is 0 Å². The summed E-state index contributed by atoms with van der Waals surface area (Å²) in [5.41, 5.74) is 0. The second-order valence-corrected chi connectivity index (χ2v) is 3.95. The van der Waals surface area contributed by atoms with Gasteiger partial charge in [-0.25, -0.2) is 0 Å². The Bertz CT molecular complexity index is 121. The molecule has 2 N–H and O–H groups in total. The maximum Gasteiger partial charge on any atom is 0.0593 e. The minimum atomic E-state index is 0.313. The smallest absolute Gasteiger partial charge is 0.0593 e. The maximum absolute atomic E-state index is 8.57. The van der Waals surface area contributed by atoms with Crippen LogP contribution >= 0.6 is 0 Å². The summed E-state index contributed by atoms with van der Waals surface area (Å²) >= 11 is 0. The molecule has 0 aliphatic heterocycles.